The van der Waals surface area contributed by atoms with Crippen LogP contribution in [0.25, 0.3) is 0 Å². The summed E-state index contributed by atoms with van der Waals surface area (Å²) in [5.41, 5.74) is 6.59. The van der Waals surface area contributed by atoms with Crippen LogP contribution in [0.3, 0.4) is 0 Å². The maximum absolute atomic E-state index is 9.78. The van der Waals surface area contributed by atoms with E-state index in [1.54, 1.807) is 12.1 Å². The normalized spacial score (nSPS) is 14.4. The van der Waals surface area contributed by atoms with Crippen molar-refractivity contribution in [2.75, 3.05) is 0 Å². The van der Waals surface area contributed by atoms with Gasteiger partial charge in [-0.15, -0.1) is 12.4 Å². The Bertz CT molecular complexity index is 345. The highest BCUT2D eigenvalue weighted by Crippen LogP contribution is 2.28. The van der Waals surface area contributed by atoms with Crippen molar-refractivity contribution in [3.05, 3.63) is 28.8 Å². The topological polar surface area (TPSA) is 66.5 Å². The Morgan fingerprint density at radius 1 is 1.31 bits per heavy atom. The molecule has 3 nitrogen and oxygen atoms in total. The zero-order chi connectivity index (χ0) is 11.6. The Kier molecular flexibility index (Phi) is 6.11. The highest BCUT2D eigenvalue weighted by atomic mass is 35.5. The van der Waals surface area contributed by atoms with Gasteiger partial charge in [-0.25, -0.2) is 0 Å². The number of aliphatic hydroxyl groups is 1. The van der Waals surface area contributed by atoms with E-state index in [1.165, 1.54) is 6.07 Å². The van der Waals surface area contributed by atoms with Gasteiger partial charge in [0.25, 0.3) is 0 Å². The quantitative estimate of drug-likeness (QED) is 0.787. The summed E-state index contributed by atoms with van der Waals surface area (Å²) in [6, 6.07) is 4.23. The Balaban J connectivity index is 0.00000225. The van der Waals surface area contributed by atoms with Crippen LogP contribution in [0.15, 0.2) is 18.2 Å². The average molecular weight is 266 g/mol. The lowest BCUT2D eigenvalue weighted by Crippen LogP contribution is -2.30. The number of nitrogens with two attached hydrogens (primary N) is 1. The third-order valence-corrected chi connectivity index (χ3v) is 2.71. The van der Waals surface area contributed by atoms with Gasteiger partial charge in [0.1, 0.15) is 5.75 Å². The summed E-state index contributed by atoms with van der Waals surface area (Å²) in [4.78, 5) is 0. The Hall–Kier alpha value is -0.480. The molecule has 0 aliphatic heterocycles. The molecule has 1 rings (SSSR count). The highest BCUT2D eigenvalue weighted by molar-refractivity contribution is 6.32. The van der Waals surface area contributed by atoms with Crippen molar-refractivity contribution in [2.24, 2.45) is 11.7 Å². The monoisotopic (exact) mass is 265 g/mol. The third kappa shape index (κ3) is 3.52. The number of phenolic OH excluding ortho intramolecular Hbond substituents is 1. The first-order valence-corrected chi connectivity index (χ1v) is 5.23. The van der Waals surface area contributed by atoms with Crippen LogP contribution < -0.4 is 5.73 Å². The molecular formula is C11H17Cl2NO2. The van der Waals surface area contributed by atoms with Crippen LogP contribution in [-0.2, 0) is 0 Å². The molecule has 2 atom stereocenters. The minimum absolute atomic E-state index is 0. The molecule has 0 saturated carbocycles. The van der Waals surface area contributed by atoms with Crippen molar-refractivity contribution in [3.8, 4) is 5.75 Å². The summed E-state index contributed by atoms with van der Waals surface area (Å²) in [6.07, 6.45) is -0.620. The van der Waals surface area contributed by atoms with Gasteiger partial charge < -0.3 is 15.9 Å². The second-order valence-electron chi connectivity index (χ2n) is 3.97. The maximum Gasteiger partial charge on any atom is 0.134 e. The molecule has 0 unspecified atom stereocenters. The van der Waals surface area contributed by atoms with Crippen molar-refractivity contribution in [2.45, 2.75) is 26.0 Å². The Morgan fingerprint density at radius 3 is 2.31 bits per heavy atom. The van der Waals surface area contributed by atoms with E-state index in [0.717, 1.165) is 5.56 Å². The van der Waals surface area contributed by atoms with Crippen LogP contribution in [0.5, 0.6) is 5.75 Å². The molecule has 0 amide bonds. The second kappa shape index (κ2) is 6.30. The maximum atomic E-state index is 9.78. The summed E-state index contributed by atoms with van der Waals surface area (Å²) in [5.74, 6) is 0.0965. The van der Waals surface area contributed by atoms with Crippen LogP contribution >= 0.6 is 24.0 Å². The van der Waals surface area contributed by atoms with Gasteiger partial charge in [0.15, 0.2) is 0 Å². The van der Waals surface area contributed by atoms with Crippen molar-refractivity contribution in [3.63, 3.8) is 0 Å². The van der Waals surface area contributed by atoms with E-state index >= 15 is 0 Å². The first-order chi connectivity index (χ1) is 6.93. The van der Waals surface area contributed by atoms with Gasteiger partial charge in [-0.05, 0) is 23.6 Å². The summed E-state index contributed by atoms with van der Waals surface area (Å²) >= 11 is 5.75. The lowest BCUT2D eigenvalue weighted by molar-refractivity contribution is 0.0979. The molecule has 92 valence electrons. The fraction of sp³-hybridized carbons (Fsp3) is 0.455. The molecule has 0 radical (unpaired) electrons. The van der Waals surface area contributed by atoms with Gasteiger partial charge in [0.2, 0.25) is 0 Å². The fourth-order valence-electron chi connectivity index (χ4n) is 1.34. The number of hydrogen-bond donors (Lipinski definition) is 3. The largest absolute Gasteiger partial charge is 0.506 e. The van der Waals surface area contributed by atoms with E-state index in [-0.39, 0.29) is 29.1 Å². The van der Waals surface area contributed by atoms with Crippen LogP contribution in [0.1, 0.15) is 25.5 Å². The SMILES string of the molecule is CC(C)[C@H](O)[C@H](N)c1ccc(O)c(Cl)c1.Cl. The van der Waals surface area contributed by atoms with E-state index in [4.69, 9.17) is 17.3 Å². The first kappa shape index (κ1) is 15.5. The van der Waals surface area contributed by atoms with Crippen LogP contribution in [0.2, 0.25) is 5.02 Å². The molecule has 0 spiro atoms. The fourth-order valence-corrected chi connectivity index (χ4v) is 1.53. The molecule has 5 heteroatoms. The molecule has 0 fully saturated rings. The van der Waals surface area contributed by atoms with E-state index < -0.39 is 12.1 Å². The first-order valence-electron chi connectivity index (χ1n) is 4.85. The number of benzene rings is 1. The predicted octanol–water partition coefficient (Wildman–Crippen LogP) is 2.48. The smallest absolute Gasteiger partial charge is 0.134 e. The Morgan fingerprint density at radius 2 is 1.88 bits per heavy atom. The summed E-state index contributed by atoms with van der Waals surface area (Å²) in [7, 11) is 0. The number of rotatable bonds is 3. The van der Waals surface area contributed by atoms with Crippen LogP contribution in [0.4, 0.5) is 0 Å². The molecule has 4 N–H and O–H groups in total. The van der Waals surface area contributed by atoms with Crippen molar-refractivity contribution in [1.82, 2.24) is 0 Å². The molecule has 1 aromatic rings. The average Bonchev–Trinajstić information content (AvgIpc) is 2.19. The van der Waals surface area contributed by atoms with Crippen LogP contribution in [0, 0.1) is 5.92 Å². The van der Waals surface area contributed by atoms with Gasteiger partial charge in [-0.1, -0.05) is 31.5 Å². The molecular weight excluding hydrogens is 249 g/mol. The van der Waals surface area contributed by atoms with Gasteiger partial charge in [0, 0.05) is 0 Å². The van der Waals surface area contributed by atoms with Crippen molar-refractivity contribution in [1.29, 1.82) is 0 Å². The molecule has 0 bridgehead atoms. The summed E-state index contributed by atoms with van der Waals surface area (Å²) in [6.45, 7) is 3.79. The van der Waals surface area contributed by atoms with E-state index in [9.17, 15) is 10.2 Å². The van der Waals surface area contributed by atoms with E-state index in [0.29, 0.717) is 0 Å². The molecule has 0 aromatic heterocycles. The standard InChI is InChI=1S/C11H16ClNO2.ClH/c1-6(2)11(15)10(13)7-3-4-9(14)8(12)5-7;/h3-6,10-11,14-15H,13H2,1-2H3;1H/t10-,11+;/m1./s1. The second-order valence-corrected chi connectivity index (χ2v) is 4.38. The third-order valence-electron chi connectivity index (χ3n) is 2.41. The number of hydrogen-bond acceptors (Lipinski definition) is 3. The minimum atomic E-state index is -0.620. The molecule has 0 aliphatic carbocycles. The van der Waals surface area contributed by atoms with Crippen molar-refractivity contribution >= 4 is 24.0 Å². The number of halogens is 2. The van der Waals surface area contributed by atoms with Crippen molar-refractivity contribution < 1.29 is 10.2 Å². The molecule has 16 heavy (non-hydrogen) atoms. The van der Waals surface area contributed by atoms with Gasteiger partial charge >= 0.3 is 0 Å². The summed E-state index contributed by atoms with van der Waals surface area (Å²) in [5, 5.41) is 19.3. The number of phenols is 1. The minimum Gasteiger partial charge on any atom is -0.506 e. The zero-order valence-corrected chi connectivity index (χ0v) is 10.8. The lowest BCUT2D eigenvalue weighted by Gasteiger charge is -2.22. The highest BCUT2D eigenvalue weighted by Gasteiger charge is 2.20. The van der Waals surface area contributed by atoms with Gasteiger partial charge in [-0.2, -0.15) is 0 Å². The number of aromatic hydroxyl groups is 1. The molecule has 1 aromatic carbocycles. The lowest BCUT2D eigenvalue weighted by atomic mass is 9.94. The molecule has 0 aliphatic rings. The Labute approximate surface area is 107 Å². The van der Waals surface area contributed by atoms with E-state index in [1.807, 2.05) is 13.8 Å². The van der Waals surface area contributed by atoms with Crippen LogP contribution in [-0.4, -0.2) is 16.3 Å². The zero-order valence-electron chi connectivity index (χ0n) is 9.22. The molecule has 0 heterocycles. The van der Waals surface area contributed by atoms with Gasteiger partial charge in [0.05, 0.1) is 17.2 Å². The van der Waals surface area contributed by atoms with Gasteiger partial charge in [-0.3, -0.25) is 0 Å². The van der Waals surface area contributed by atoms with E-state index in [2.05, 4.69) is 0 Å². The predicted molar refractivity (Wildman–Crippen MR) is 68.1 cm³/mol. The summed E-state index contributed by atoms with van der Waals surface area (Å²) < 4.78 is 0. The molecule has 0 saturated heterocycles. The number of aliphatic hydroxyl groups excluding tert-OH is 1.